The molecule has 0 radical (unpaired) electrons. The van der Waals surface area contributed by atoms with Crippen LogP contribution >= 0.6 is 0 Å². The van der Waals surface area contributed by atoms with E-state index in [-0.39, 0.29) is 107 Å². The van der Waals surface area contributed by atoms with Crippen LogP contribution in [0.25, 0.3) is 0 Å². The lowest BCUT2D eigenvalue weighted by atomic mass is 9.49. The number of aliphatic hydroxyl groups is 2. The Morgan fingerprint density at radius 1 is 0.518 bits per heavy atom. The smallest absolute Gasteiger partial charge is 0.245 e. The van der Waals surface area contributed by atoms with Crippen LogP contribution in [0.4, 0.5) is 0 Å². The summed E-state index contributed by atoms with van der Waals surface area (Å²) >= 11 is 0. The molecule has 5 rings (SSSR count). The number of hydrogen-bond donors (Lipinski definition) is 18. The van der Waals surface area contributed by atoms with Crippen molar-refractivity contribution < 1.29 is 63.0 Å². The van der Waals surface area contributed by atoms with Gasteiger partial charge in [0.25, 0.3) is 0 Å². The second-order valence-electron chi connectivity index (χ2n) is 24.8. The summed E-state index contributed by atoms with van der Waals surface area (Å²) in [5.41, 5.74) is 29.3. The molecule has 85 heavy (non-hydrogen) atoms. The standard InChI is InChI=1S/C56H100N16O13/c1-28(2)19-41-52(82)66-36(8-14-58)46(76)65-39(11-17-61)51(81)71-44(30(5)73)54(84)62-18-12-40(49(79)64-37(9-15-59)48(78)69-42(20-29(3)4)53(83)70-41)67-47(77)38(10-16-60)68-55(85)45(31(6)74)72-50(80)35(7-13-57)63-43(75)27-56-24-32-21-33(25-56)23-34(22-32)26-56/h28-42,44-45,73-74H,7-27,57-61H2,1-6H3,(H,62,84)(H,63,75)(H,64,79)(H,65,76)(H,66,82)(H,67,77)(H,68,85)(H,69,78)(H,70,83)(H,71,81)(H,72,80)/t30-,31-,32?,33?,34?,35+,36+,37+,38+,39+,40+,41+,42-,44+,45+,56?/m1/s1. The van der Waals surface area contributed by atoms with Gasteiger partial charge < -0.3 is 97.4 Å². The molecule has 4 aliphatic carbocycles. The Balaban J connectivity index is 1.64. The van der Waals surface area contributed by atoms with Crippen molar-refractivity contribution in [3.05, 3.63) is 0 Å². The van der Waals surface area contributed by atoms with Crippen LogP contribution in [0.2, 0.25) is 0 Å². The van der Waals surface area contributed by atoms with Crippen LogP contribution in [-0.4, -0.2) is 187 Å². The molecule has 5 fully saturated rings. The number of hydrogen-bond acceptors (Lipinski definition) is 18. The number of nitrogens with two attached hydrogens (primary N) is 5. The molecule has 11 amide bonds. The predicted octanol–water partition coefficient (Wildman–Crippen LogP) is -5.44. The molecule has 5 aliphatic rings. The molecular formula is C56H100N16O13. The first-order valence-electron chi connectivity index (χ1n) is 30.3. The monoisotopic (exact) mass is 1200 g/mol. The minimum atomic E-state index is -1.69. The van der Waals surface area contributed by atoms with Gasteiger partial charge in [-0.1, -0.05) is 27.7 Å². The molecule has 0 spiro atoms. The molecule has 1 saturated heterocycles. The summed E-state index contributed by atoms with van der Waals surface area (Å²) in [4.78, 5) is 154. The van der Waals surface area contributed by atoms with Crippen LogP contribution in [0.1, 0.15) is 138 Å². The van der Waals surface area contributed by atoms with E-state index < -0.39 is 145 Å². The number of aliphatic hydroxyl groups excluding tert-OH is 2. The highest BCUT2D eigenvalue weighted by molar-refractivity contribution is 5.99. The summed E-state index contributed by atoms with van der Waals surface area (Å²) in [6.07, 6.45) is 2.52. The van der Waals surface area contributed by atoms with Crippen molar-refractivity contribution >= 4 is 65.0 Å². The molecule has 0 aromatic carbocycles. The Kier molecular flexibility index (Phi) is 28.8. The third-order valence-corrected chi connectivity index (χ3v) is 16.3. The Bertz CT molecular complexity index is 2270. The second-order valence-corrected chi connectivity index (χ2v) is 24.8. The van der Waals surface area contributed by atoms with Gasteiger partial charge in [0.15, 0.2) is 0 Å². The largest absolute Gasteiger partial charge is 0.391 e. The first-order valence-corrected chi connectivity index (χ1v) is 30.3. The van der Waals surface area contributed by atoms with Gasteiger partial charge in [-0.3, -0.25) is 52.7 Å². The van der Waals surface area contributed by atoms with Gasteiger partial charge in [-0.15, -0.1) is 0 Å². The molecule has 1 heterocycles. The number of carbonyl (C=O) groups excluding carboxylic acids is 11. The van der Waals surface area contributed by atoms with Crippen LogP contribution in [0.15, 0.2) is 0 Å². The lowest BCUT2D eigenvalue weighted by Crippen LogP contribution is -2.62. The van der Waals surface area contributed by atoms with Crippen molar-refractivity contribution in [2.45, 2.75) is 210 Å². The van der Waals surface area contributed by atoms with Crippen LogP contribution in [0.3, 0.4) is 0 Å². The van der Waals surface area contributed by atoms with E-state index in [1.165, 1.54) is 33.1 Å². The Morgan fingerprint density at radius 2 is 0.929 bits per heavy atom. The van der Waals surface area contributed by atoms with E-state index in [1.807, 2.05) is 0 Å². The van der Waals surface area contributed by atoms with Gasteiger partial charge in [0, 0.05) is 13.0 Å². The Labute approximate surface area is 498 Å². The van der Waals surface area contributed by atoms with Gasteiger partial charge in [0.1, 0.15) is 60.4 Å². The van der Waals surface area contributed by atoms with E-state index >= 15 is 0 Å². The van der Waals surface area contributed by atoms with Gasteiger partial charge in [0.2, 0.25) is 65.0 Å². The number of nitrogens with one attached hydrogen (secondary N) is 11. The van der Waals surface area contributed by atoms with Crippen molar-refractivity contribution in [3.8, 4) is 0 Å². The average Bonchev–Trinajstić information content (AvgIpc) is 1.65. The number of carbonyl (C=O) groups is 11. The average molecular weight is 1210 g/mol. The third-order valence-electron chi connectivity index (χ3n) is 16.3. The van der Waals surface area contributed by atoms with Crippen LogP contribution in [0.5, 0.6) is 0 Å². The normalized spacial score (nSPS) is 29.1. The van der Waals surface area contributed by atoms with Gasteiger partial charge in [-0.25, -0.2) is 0 Å². The first-order chi connectivity index (χ1) is 40.2. The quantitative estimate of drug-likeness (QED) is 0.0406. The highest BCUT2D eigenvalue weighted by atomic mass is 16.3. The first kappa shape index (κ1) is 71.4. The number of rotatable bonds is 25. The lowest BCUT2D eigenvalue weighted by Gasteiger charge is -2.56. The van der Waals surface area contributed by atoms with E-state index in [0.717, 1.165) is 19.3 Å². The van der Waals surface area contributed by atoms with E-state index in [4.69, 9.17) is 28.7 Å². The molecule has 12 atom stereocenters. The van der Waals surface area contributed by atoms with Gasteiger partial charge in [0.05, 0.1) is 12.2 Å². The highest BCUT2D eigenvalue weighted by Crippen LogP contribution is 2.61. The van der Waals surface area contributed by atoms with Crippen LogP contribution in [0, 0.1) is 35.0 Å². The summed E-state index contributed by atoms with van der Waals surface area (Å²) in [6, 6.07) is -14.5. The maximum atomic E-state index is 14.5. The fourth-order valence-electron chi connectivity index (χ4n) is 12.6. The molecule has 482 valence electrons. The van der Waals surface area contributed by atoms with Gasteiger partial charge >= 0.3 is 0 Å². The van der Waals surface area contributed by atoms with Crippen LogP contribution in [-0.2, 0) is 52.7 Å². The molecule has 0 aromatic heterocycles. The zero-order valence-electron chi connectivity index (χ0n) is 50.4. The summed E-state index contributed by atoms with van der Waals surface area (Å²) in [6.45, 7) is 8.53. The molecule has 29 nitrogen and oxygen atoms in total. The minimum Gasteiger partial charge on any atom is -0.391 e. The maximum Gasteiger partial charge on any atom is 0.245 e. The van der Waals surface area contributed by atoms with Crippen LogP contribution < -0.4 is 87.2 Å². The molecule has 1 aliphatic heterocycles. The topological polar surface area (TPSA) is 491 Å². The summed E-state index contributed by atoms with van der Waals surface area (Å²) in [7, 11) is 0. The fraction of sp³-hybridized carbons (Fsp3) is 0.804. The molecule has 0 aromatic rings. The van der Waals surface area contributed by atoms with Gasteiger partial charge in [-0.2, -0.15) is 0 Å². The second kappa shape index (κ2) is 34.3. The lowest BCUT2D eigenvalue weighted by molar-refractivity contribution is -0.137. The Hall–Kier alpha value is -6.11. The summed E-state index contributed by atoms with van der Waals surface area (Å²) in [5, 5.41) is 50.1. The molecule has 4 bridgehead atoms. The summed E-state index contributed by atoms with van der Waals surface area (Å²) < 4.78 is 0. The SMILES string of the molecule is CC(C)C[C@@H]1NC(=O)[C@@H](CC(C)C)NC(=O)[C@H](CCN)NC(=O)[C@@H](NC(=O)[C@H](CCN)NC(=O)[C@@H](NC(=O)[C@H](CCN)NC(=O)CC23CC4CC(CC(C4)C2)C3)[C@@H](C)O)CCNC(=O)[C@H]([C@@H](C)O)NC(=O)[C@H](CCN)NC(=O)[C@H](CCN)NC1=O. The van der Waals surface area contributed by atoms with E-state index in [9.17, 15) is 63.0 Å². The number of amides is 11. The van der Waals surface area contributed by atoms with E-state index in [2.05, 4.69) is 58.5 Å². The predicted molar refractivity (Wildman–Crippen MR) is 313 cm³/mol. The van der Waals surface area contributed by atoms with Crippen molar-refractivity contribution in [1.29, 1.82) is 0 Å². The Morgan fingerprint density at radius 3 is 1.34 bits per heavy atom. The molecular weight excluding hydrogens is 1100 g/mol. The van der Waals surface area contributed by atoms with Crippen molar-refractivity contribution in [1.82, 2.24) is 58.5 Å². The zero-order valence-corrected chi connectivity index (χ0v) is 50.4. The minimum absolute atomic E-state index is 0.00303. The maximum absolute atomic E-state index is 14.5. The highest BCUT2D eigenvalue weighted by Gasteiger charge is 2.52. The zero-order chi connectivity index (χ0) is 63.3. The van der Waals surface area contributed by atoms with Crippen molar-refractivity contribution in [3.63, 3.8) is 0 Å². The van der Waals surface area contributed by atoms with Crippen molar-refractivity contribution in [2.75, 3.05) is 39.3 Å². The molecule has 4 saturated carbocycles. The molecule has 23 N–H and O–H groups in total. The van der Waals surface area contributed by atoms with E-state index in [1.54, 1.807) is 27.7 Å². The summed E-state index contributed by atoms with van der Waals surface area (Å²) in [5.74, 6) is -8.02. The van der Waals surface area contributed by atoms with Gasteiger partial charge in [-0.05, 0) is 171 Å². The molecule has 0 unspecified atom stereocenters. The molecule has 29 heteroatoms. The third kappa shape index (κ3) is 22.0. The van der Waals surface area contributed by atoms with E-state index in [0.29, 0.717) is 17.8 Å². The fourth-order valence-corrected chi connectivity index (χ4v) is 12.6. The van der Waals surface area contributed by atoms with Crippen molar-refractivity contribution in [2.24, 2.45) is 63.7 Å².